The minimum atomic E-state index is -3.06. The fourth-order valence-electron chi connectivity index (χ4n) is 3.23. The largest absolute Gasteiger partial charge is 0.354 e. The first-order chi connectivity index (χ1) is 12.1. The van der Waals surface area contributed by atoms with E-state index < -0.39 is 14.6 Å². The molecule has 7 heteroatoms. The number of hydrogen-bond acceptors (Lipinski definition) is 4. The molecule has 0 aliphatic carbocycles. The van der Waals surface area contributed by atoms with Gasteiger partial charge in [0.2, 0.25) is 0 Å². The molecule has 0 saturated carbocycles. The molecule has 1 N–H and O–H groups in total. The van der Waals surface area contributed by atoms with Gasteiger partial charge >= 0.3 is 0 Å². The summed E-state index contributed by atoms with van der Waals surface area (Å²) < 4.78 is 23.7. The molecule has 0 amide bonds. The Morgan fingerprint density at radius 1 is 1.31 bits per heavy atom. The summed E-state index contributed by atoms with van der Waals surface area (Å²) in [7, 11) is 2.81. The van der Waals surface area contributed by atoms with Crippen molar-refractivity contribution in [2.24, 2.45) is 4.99 Å². The van der Waals surface area contributed by atoms with Gasteiger partial charge in [0.05, 0.1) is 16.5 Å². The molecule has 1 aromatic rings. The van der Waals surface area contributed by atoms with Crippen molar-refractivity contribution < 1.29 is 8.42 Å². The number of benzene rings is 1. The van der Waals surface area contributed by atoms with E-state index in [2.05, 4.69) is 60.5 Å². The van der Waals surface area contributed by atoms with Crippen molar-refractivity contribution in [1.29, 1.82) is 0 Å². The van der Waals surface area contributed by atoms with Crippen molar-refractivity contribution in [2.75, 3.05) is 46.5 Å². The standard InChI is InChI=1S/C19H32N4O2S/c1-15-7-9-16(10-8-15)17(22(5)6)13-21-18(20-4)23-11-12-26(24,25)19(2,3)14-23/h7-10,17H,11-14H2,1-6H3,(H,20,21). The fourth-order valence-corrected chi connectivity index (χ4v) is 4.60. The Bertz CT molecular complexity index is 739. The van der Waals surface area contributed by atoms with Crippen LogP contribution in [0.3, 0.4) is 0 Å². The lowest BCUT2D eigenvalue weighted by Gasteiger charge is -2.39. The minimum absolute atomic E-state index is 0.162. The molecule has 2 rings (SSSR count). The Labute approximate surface area is 158 Å². The number of nitrogens with zero attached hydrogens (tertiary/aromatic N) is 3. The number of nitrogens with one attached hydrogen (secondary N) is 1. The molecule has 146 valence electrons. The van der Waals surface area contributed by atoms with E-state index in [1.165, 1.54) is 11.1 Å². The van der Waals surface area contributed by atoms with Crippen LogP contribution in [0.15, 0.2) is 29.3 Å². The topological polar surface area (TPSA) is 65.0 Å². The van der Waals surface area contributed by atoms with Crippen LogP contribution in [0.5, 0.6) is 0 Å². The third kappa shape index (κ3) is 4.57. The lowest BCUT2D eigenvalue weighted by molar-refractivity contribution is 0.291. The highest BCUT2D eigenvalue weighted by Crippen LogP contribution is 2.24. The second-order valence-electron chi connectivity index (χ2n) is 7.82. The molecule has 1 heterocycles. The quantitative estimate of drug-likeness (QED) is 0.636. The Hall–Kier alpha value is -1.60. The summed E-state index contributed by atoms with van der Waals surface area (Å²) in [5.74, 6) is 0.919. The van der Waals surface area contributed by atoms with Crippen LogP contribution in [0.2, 0.25) is 0 Å². The van der Waals surface area contributed by atoms with Gasteiger partial charge in [-0.1, -0.05) is 29.8 Å². The van der Waals surface area contributed by atoms with Crippen LogP contribution in [0.1, 0.15) is 31.0 Å². The highest BCUT2D eigenvalue weighted by molar-refractivity contribution is 7.92. The van der Waals surface area contributed by atoms with Gasteiger partial charge in [0.15, 0.2) is 15.8 Å². The predicted molar refractivity (Wildman–Crippen MR) is 108 cm³/mol. The highest BCUT2D eigenvalue weighted by Gasteiger charge is 2.41. The molecule has 0 bridgehead atoms. The van der Waals surface area contributed by atoms with E-state index in [1.807, 2.05) is 4.90 Å². The molecular formula is C19H32N4O2S. The summed E-state index contributed by atoms with van der Waals surface area (Å²) in [6, 6.07) is 8.76. The fraction of sp³-hybridized carbons (Fsp3) is 0.632. The summed E-state index contributed by atoms with van der Waals surface area (Å²) in [5.41, 5.74) is 2.48. The lowest BCUT2D eigenvalue weighted by Crippen LogP contribution is -2.57. The van der Waals surface area contributed by atoms with Crippen LogP contribution in [-0.2, 0) is 9.84 Å². The maximum Gasteiger partial charge on any atom is 0.193 e. The number of likely N-dealkylation sites (N-methyl/N-ethyl adjacent to an activating group) is 1. The molecule has 1 saturated heterocycles. The van der Waals surface area contributed by atoms with E-state index in [4.69, 9.17) is 0 Å². The van der Waals surface area contributed by atoms with Crippen LogP contribution in [0.25, 0.3) is 0 Å². The van der Waals surface area contributed by atoms with Crippen molar-refractivity contribution >= 4 is 15.8 Å². The van der Waals surface area contributed by atoms with E-state index in [0.29, 0.717) is 19.6 Å². The normalized spacial score (nSPS) is 20.9. The van der Waals surface area contributed by atoms with E-state index in [-0.39, 0.29) is 11.8 Å². The highest BCUT2D eigenvalue weighted by atomic mass is 32.2. The zero-order valence-corrected chi connectivity index (χ0v) is 17.6. The Morgan fingerprint density at radius 3 is 2.42 bits per heavy atom. The van der Waals surface area contributed by atoms with Crippen molar-refractivity contribution in [3.8, 4) is 0 Å². The van der Waals surface area contributed by atoms with Crippen LogP contribution < -0.4 is 5.32 Å². The van der Waals surface area contributed by atoms with Crippen molar-refractivity contribution in [3.05, 3.63) is 35.4 Å². The van der Waals surface area contributed by atoms with Gasteiger partial charge in [-0.2, -0.15) is 0 Å². The van der Waals surface area contributed by atoms with E-state index in [1.54, 1.807) is 20.9 Å². The second kappa shape index (κ2) is 7.96. The summed E-state index contributed by atoms with van der Waals surface area (Å²) in [6.07, 6.45) is 0. The number of sulfone groups is 1. The summed E-state index contributed by atoms with van der Waals surface area (Å²) in [5, 5.41) is 3.44. The smallest absolute Gasteiger partial charge is 0.193 e. The average molecular weight is 381 g/mol. The molecule has 1 aromatic carbocycles. The number of hydrogen-bond donors (Lipinski definition) is 1. The SMILES string of the molecule is CN=C(NCC(c1ccc(C)cc1)N(C)C)N1CCS(=O)(=O)C(C)(C)C1. The van der Waals surface area contributed by atoms with E-state index in [9.17, 15) is 8.42 Å². The molecule has 0 spiro atoms. The Balaban J connectivity index is 2.09. The third-order valence-corrected chi connectivity index (χ3v) is 7.63. The van der Waals surface area contributed by atoms with Gasteiger partial charge in [0.1, 0.15) is 0 Å². The first kappa shape index (κ1) is 20.7. The summed E-state index contributed by atoms with van der Waals surface area (Å²) in [6.45, 7) is 7.29. The molecule has 1 atom stereocenters. The molecule has 1 aliphatic rings. The number of guanidine groups is 1. The van der Waals surface area contributed by atoms with Gasteiger partial charge in [-0.15, -0.1) is 0 Å². The zero-order chi connectivity index (χ0) is 19.5. The molecule has 1 fully saturated rings. The number of rotatable bonds is 4. The molecular weight excluding hydrogens is 348 g/mol. The van der Waals surface area contributed by atoms with Crippen LogP contribution >= 0.6 is 0 Å². The van der Waals surface area contributed by atoms with Crippen LogP contribution in [-0.4, -0.2) is 75.5 Å². The average Bonchev–Trinajstić information content (AvgIpc) is 2.55. The zero-order valence-electron chi connectivity index (χ0n) is 16.8. The molecule has 1 unspecified atom stereocenters. The Morgan fingerprint density at radius 2 is 1.92 bits per heavy atom. The molecule has 26 heavy (non-hydrogen) atoms. The molecule has 6 nitrogen and oxygen atoms in total. The van der Waals surface area contributed by atoms with Gasteiger partial charge in [-0.05, 0) is 40.4 Å². The minimum Gasteiger partial charge on any atom is -0.354 e. The number of aryl methyl sites for hydroxylation is 1. The van der Waals surface area contributed by atoms with Gasteiger partial charge in [0, 0.05) is 26.7 Å². The lowest BCUT2D eigenvalue weighted by atomic mass is 10.0. The molecule has 0 aromatic heterocycles. The molecule has 0 radical (unpaired) electrons. The van der Waals surface area contributed by atoms with Gasteiger partial charge in [0.25, 0.3) is 0 Å². The maximum atomic E-state index is 12.2. The van der Waals surface area contributed by atoms with Gasteiger partial charge < -0.3 is 15.1 Å². The van der Waals surface area contributed by atoms with Gasteiger partial charge in [-0.3, -0.25) is 4.99 Å². The monoisotopic (exact) mass is 380 g/mol. The maximum absolute atomic E-state index is 12.2. The van der Waals surface area contributed by atoms with E-state index >= 15 is 0 Å². The Kier molecular flexibility index (Phi) is 6.34. The molecule has 1 aliphatic heterocycles. The summed E-state index contributed by atoms with van der Waals surface area (Å²) in [4.78, 5) is 8.60. The van der Waals surface area contributed by atoms with Crippen molar-refractivity contribution in [2.45, 2.75) is 31.6 Å². The first-order valence-corrected chi connectivity index (χ1v) is 10.6. The first-order valence-electron chi connectivity index (χ1n) is 8.98. The number of aliphatic imine (C=N–C) groups is 1. The van der Waals surface area contributed by atoms with E-state index in [0.717, 1.165) is 5.96 Å². The van der Waals surface area contributed by atoms with Crippen molar-refractivity contribution in [3.63, 3.8) is 0 Å². The predicted octanol–water partition coefficient (Wildman–Crippen LogP) is 1.68. The third-order valence-electron chi connectivity index (χ3n) is 5.09. The summed E-state index contributed by atoms with van der Waals surface area (Å²) >= 11 is 0. The van der Waals surface area contributed by atoms with Crippen molar-refractivity contribution in [1.82, 2.24) is 15.1 Å². The van der Waals surface area contributed by atoms with Gasteiger partial charge in [-0.25, -0.2) is 8.42 Å². The van der Waals surface area contributed by atoms with Crippen LogP contribution in [0.4, 0.5) is 0 Å². The van der Waals surface area contributed by atoms with Crippen LogP contribution in [0, 0.1) is 6.92 Å². The second-order valence-corrected chi connectivity index (χ2v) is 10.6.